The number of benzene rings is 1. The lowest BCUT2D eigenvalue weighted by Gasteiger charge is -2.11. The molecule has 0 aliphatic heterocycles. The minimum Gasteiger partial charge on any atom is -0.496 e. The highest BCUT2D eigenvalue weighted by atomic mass is 16.5. The minimum absolute atomic E-state index is 0.0175. The number of hydrogen-bond donors (Lipinski definition) is 3. The van der Waals surface area contributed by atoms with Crippen molar-refractivity contribution in [3.05, 3.63) is 28.8 Å². The number of hydrogen-bond acceptors (Lipinski definition) is 4. The van der Waals surface area contributed by atoms with E-state index in [2.05, 4.69) is 0 Å². The van der Waals surface area contributed by atoms with Crippen LogP contribution in [0.4, 0.5) is 0 Å². The van der Waals surface area contributed by atoms with E-state index in [4.69, 9.17) is 20.1 Å². The molecule has 0 unspecified atom stereocenters. The highest BCUT2D eigenvalue weighted by molar-refractivity contribution is 5.88. The lowest BCUT2D eigenvalue weighted by Crippen LogP contribution is -2.04. The first-order valence-corrected chi connectivity index (χ1v) is 4.28. The van der Waals surface area contributed by atoms with Crippen molar-refractivity contribution >= 4 is 5.97 Å². The normalized spacial score (nSPS) is 10.1. The van der Waals surface area contributed by atoms with E-state index < -0.39 is 5.97 Å². The van der Waals surface area contributed by atoms with Gasteiger partial charge in [0, 0.05) is 11.1 Å². The smallest absolute Gasteiger partial charge is 0.335 e. The second kappa shape index (κ2) is 4.77. The Balaban J connectivity index is 3.35. The van der Waals surface area contributed by atoms with E-state index in [9.17, 15) is 4.79 Å². The summed E-state index contributed by atoms with van der Waals surface area (Å²) in [4.78, 5) is 10.7. The highest BCUT2D eigenvalue weighted by Crippen LogP contribution is 2.26. The van der Waals surface area contributed by atoms with Crippen LogP contribution in [0.5, 0.6) is 5.75 Å². The maximum atomic E-state index is 10.7. The third-order valence-corrected chi connectivity index (χ3v) is 2.03. The molecule has 0 bridgehead atoms. The van der Waals surface area contributed by atoms with Crippen LogP contribution < -0.4 is 4.74 Å². The van der Waals surface area contributed by atoms with Crippen LogP contribution in [-0.4, -0.2) is 28.4 Å². The average molecular weight is 212 g/mol. The highest BCUT2D eigenvalue weighted by Gasteiger charge is 2.13. The summed E-state index contributed by atoms with van der Waals surface area (Å²) >= 11 is 0. The van der Waals surface area contributed by atoms with Gasteiger partial charge in [0.1, 0.15) is 5.75 Å². The molecule has 0 saturated carbocycles. The Morgan fingerprint density at radius 1 is 1.27 bits per heavy atom. The molecule has 5 nitrogen and oxygen atoms in total. The second-order valence-corrected chi connectivity index (χ2v) is 2.95. The van der Waals surface area contributed by atoms with Gasteiger partial charge in [-0.15, -0.1) is 0 Å². The zero-order valence-corrected chi connectivity index (χ0v) is 8.23. The molecular formula is C10H12O5. The molecule has 0 spiro atoms. The predicted octanol–water partition coefficient (Wildman–Crippen LogP) is 0.378. The fourth-order valence-electron chi connectivity index (χ4n) is 1.37. The van der Waals surface area contributed by atoms with Crippen LogP contribution in [-0.2, 0) is 13.2 Å². The van der Waals surface area contributed by atoms with Gasteiger partial charge in [0.15, 0.2) is 0 Å². The largest absolute Gasteiger partial charge is 0.496 e. The summed E-state index contributed by atoms with van der Waals surface area (Å²) in [6.45, 7) is -0.672. The fourth-order valence-corrected chi connectivity index (χ4v) is 1.37. The van der Waals surface area contributed by atoms with Gasteiger partial charge in [-0.25, -0.2) is 4.79 Å². The van der Waals surface area contributed by atoms with Gasteiger partial charge in [0.2, 0.25) is 0 Å². The van der Waals surface area contributed by atoms with Crippen molar-refractivity contribution in [2.24, 2.45) is 0 Å². The van der Waals surface area contributed by atoms with Crippen LogP contribution in [0.2, 0.25) is 0 Å². The number of carboxylic acid groups (broad SMARTS) is 1. The summed E-state index contributed by atoms with van der Waals surface area (Å²) in [6.07, 6.45) is 0. The Labute approximate surface area is 86.5 Å². The minimum atomic E-state index is -1.11. The van der Waals surface area contributed by atoms with E-state index in [1.54, 1.807) is 0 Å². The number of rotatable bonds is 4. The number of aliphatic hydroxyl groups is 2. The molecule has 0 aromatic heterocycles. The Kier molecular flexibility index (Phi) is 3.65. The zero-order chi connectivity index (χ0) is 11.4. The summed E-state index contributed by atoms with van der Waals surface area (Å²) in [5.74, 6) is -0.785. The van der Waals surface area contributed by atoms with E-state index >= 15 is 0 Å². The summed E-state index contributed by atoms with van der Waals surface area (Å²) in [7, 11) is 1.40. The number of carbonyl (C=O) groups is 1. The second-order valence-electron chi connectivity index (χ2n) is 2.95. The van der Waals surface area contributed by atoms with Gasteiger partial charge < -0.3 is 20.1 Å². The maximum Gasteiger partial charge on any atom is 0.335 e. The molecule has 1 aromatic rings. The number of methoxy groups -OCH3 is 1. The molecule has 5 heteroatoms. The first-order chi connectivity index (χ1) is 7.13. The Morgan fingerprint density at radius 3 is 2.00 bits per heavy atom. The molecule has 0 amide bonds. The van der Waals surface area contributed by atoms with E-state index in [1.165, 1.54) is 19.2 Å². The van der Waals surface area contributed by atoms with Gasteiger partial charge >= 0.3 is 5.97 Å². The molecular weight excluding hydrogens is 200 g/mol. The maximum absolute atomic E-state index is 10.7. The monoisotopic (exact) mass is 212 g/mol. The van der Waals surface area contributed by atoms with Crippen molar-refractivity contribution in [1.29, 1.82) is 0 Å². The first-order valence-electron chi connectivity index (χ1n) is 4.28. The molecule has 0 aliphatic carbocycles. The van der Waals surface area contributed by atoms with Gasteiger partial charge in [0.25, 0.3) is 0 Å². The Hall–Kier alpha value is -1.59. The van der Waals surface area contributed by atoms with Gasteiger partial charge in [0.05, 0.1) is 25.9 Å². The van der Waals surface area contributed by atoms with Crippen LogP contribution in [0, 0.1) is 0 Å². The van der Waals surface area contributed by atoms with E-state index in [-0.39, 0.29) is 18.8 Å². The fraction of sp³-hybridized carbons (Fsp3) is 0.300. The van der Waals surface area contributed by atoms with Crippen LogP contribution in [0.15, 0.2) is 12.1 Å². The standard InChI is InChI=1S/C10H12O5/c1-15-9-7(4-11)2-6(10(13)14)3-8(9)5-12/h2-3,11-12H,4-5H2,1H3,(H,13,14). The summed E-state index contributed by atoms with van der Waals surface area (Å²) in [5, 5.41) is 26.8. The number of ether oxygens (including phenoxy) is 1. The molecule has 0 radical (unpaired) electrons. The van der Waals surface area contributed by atoms with Gasteiger partial charge in [-0.2, -0.15) is 0 Å². The van der Waals surface area contributed by atoms with Crippen molar-refractivity contribution in [2.75, 3.05) is 7.11 Å². The molecule has 0 fully saturated rings. The molecule has 1 aromatic carbocycles. The van der Waals surface area contributed by atoms with Crippen LogP contribution in [0.25, 0.3) is 0 Å². The van der Waals surface area contributed by atoms with Crippen LogP contribution in [0.3, 0.4) is 0 Å². The molecule has 82 valence electrons. The molecule has 0 atom stereocenters. The van der Waals surface area contributed by atoms with E-state index in [0.717, 1.165) is 0 Å². The molecule has 1 rings (SSSR count). The van der Waals surface area contributed by atoms with Crippen molar-refractivity contribution < 1.29 is 24.9 Å². The van der Waals surface area contributed by atoms with E-state index in [1.807, 2.05) is 0 Å². The van der Waals surface area contributed by atoms with Gasteiger partial charge in [-0.05, 0) is 12.1 Å². The Morgan fingerprint density at radius 2 is 1.73 bits per heavy atom. The third-order valence-electron chi connectivity index (χ3n) is 2.03. The lowest BCUT2D eigenvalue weighted by molar-refractivity contribution is 0.0696. The van der Waals surface area contributed by atoms with Crippen molar-refractivity contribution in [1.82, 2.24) is 0 Å². The average Bonchev–Trinajstić information content (AvgIpc) is 2.26. The topological polar surface area (TPSA) is 87.0 Å². The number of carboxylic acids is 1. The summed E-state index contributed by atoms with van der Waals surface area (Å²) in [5.41, 5.74) is 0.715. The van der Waals surface area contributed by atoms with Gasteiger partial charge in [-0.3, -0.25) is 0 Å². The molecule has 0 aliphatic rings. The molecule has 0 heterocycles. The quantitative estimate of drug-likeness (QED) is 0.671. The zero-order valence-electron chi connectivity index (χ0n) is 8.23. The van der Waals surface area contributed by atoms with Crippen molar-refractivity contribution in [3.63, 3.8) is 0 Å². The van der Waals surface area contributed by atoms with Crippen molar-refractivity contribution in [3.8, 4) is 5.75 Å². The first kappa shape index (κ1) is 11.5. The molecule has 3 N–H and O–H groups in total. The molecule has 15 heavy (non-hydrogen) atoms. The predicted molar refractivity (Wildman–Crippen MR) is 51.8 cm³/mol. The van der Waals surface area contributed by atoms with Crippen molar-refractivity contribution in [2.45, 2.75) is 13.2 Å². The summed E-state index contributed by atoms with van der Waals surface area (Å²) in [6, 6.07) is 2.64. The Bertz CT molecular complexity index is 347. The van der Waals surface area contributed by atoms with Crippen LogP contribution in [0.1, 0.15) is 21.5 Å². The SMILES string of the molecule is COc1c(CO)cc(C(=O)O)cc1CO. The summed E-state index contributed by atoms with van der Waals surface area (Å²) < 4.78 is 4.98. The third kappa shape index (κ3) is 2.26. The van der Waals surface area contributed by atoms with Crippen LogP contribution >= 0.6 is 0 Å². The van der Waals surface area contributed by atoms with E-state index in [0.29, 0.717) is 16.9 Å². The molecule has 0 saturated heterocycles. The lowest BCUT2D eigenvalue weighted by atomic mass is 10.0. The number of aliphatic hydroxyl groups excluding tert-OH is 2. The number of aromatic carboxylic acids is 1. The van der Waals surface area contributed by atoms with Gasteiger partial charge in [-0.1, -0.05) is 0 Å².